The first kappa shape index (κ1) is 18.5. The maximum Gasteiger partial charge on any atom is 0.261 e. The topological polar surface area (TPSA) is 43.9 Å². The second kappa shape index (κ2) is 7.73. The summed E-state index contributed by atoms with van der Waals surface area (Å²) in [6.45, 7) is 5.28. The van der Waals surface area contributed by atoms with Gasteiger partial charge in [-0.15, -0.1) is 0 Å². The molecule has 0 radical (unpaired) electrons. The van der Waals surface area contributed by atoms with Crippen molar-refractivity contribution in [3.63, 3.8) is 0 Å². The lowest BCUT2D eigenvalue weighted by Crippen LogP contribution is -2.50. The van der Waals surface area contributed by atoms with Crippen LogP contribution in [0.25, 0.3) is 0 Å². The summed E-state index contributed by atoms with van der Waals surface area (Å²) in [6.07, 6.45) is 3.71. The zero-order chi connectivity index (χ0) is 19.8. The van der Waals surface area contributed by atoms with E-state index in [2.05, 4.69) is 34.1 Å². The zero-order valence-corrected chi connectivity index (χ0v) is 16.7. The lowest BCUT2D eigenvalue weighted by molar-refractivity contribution is 0.0583. The Morgan fingerprint density at radius 1 is 0.793 bits per heavy atom. The minimum Gasteiger partial charge on any atom is -0.299 e. The average Bonchev–Trinajstić information content (AvgIpc) is 3.02. The summed E-state index contributed by atoms with van der Waals surface area (Å²) in [7, 11) is 0. The fourth-order valence-electron chi connectivity index (χ4n) is 5.09. The molecule has 1 fully saturated rings. The van der Waals surface area contributed by atoms with E-state index in [1.807, 2.05) is 12.1 Å². The Balaban J connectivity index is 1.17. The maximum absolute atomic E-state index is 12.5. The molecule has 2 aliphatic heterocycles. The van der Waals surface area contributed by atoms with E-state index in [1.165, 1.54) is 35.3 Å². The van der Waals surface area contributed by atoms with E-state index in [1.54, 1.807) is 12.1 Å². The second-order valence-corrected chi connectivity index (χ2v) is 8.29. The van der Waals surface area contributed by atoms with Gasteiger partial charge in [0.25, 0.3) is 11.8 Å². The molecule has 2 amide bonds. The quantitative estimate of drug-likeness (QED) is 0.754. The first-order chi connectivity index (χ1) is 14.2. The third-order valence-corrected chi connectivity index (χ3v) is 6.70. The van der Waals surface area contributed by atoms with Crippen molar-refractivity contribution in [2.45, 2.75) is 25.3 Å². The molecule has 150 valence electrons. The highest BCUT2D eigenvalue weighted by atomic mass is 16.2. The molecule has 3 aliphatic rings. The number of hydrogen-bond acceptors (Lipinski definition) is 4. The van der Waals surface area contributed by atoms with Gasteiger partial charge in [-0.05, 0) is 42.5 Å². The number of imide groups is 1. The summed E-state index contributed by atoms with van der Waals surface area (Å²) in [6, 6.07) is 16.6. The molecule has 0 bridgehead atoms. The van der Waals surface area contributed by atoms with Crippen LogP contribution in [0.5, 0.6) is 0 Å². The van der Waals surface area contributed by atoms with Crippen molar-refractivity contribution in [3.05, 3.63) is 70.8 Å². The molecule has 0 aromatic heterocycles. The fourth-order valence-corrected chi connectivity index (χ4v) is 5.09. The Morgan fingerprint density at radius 2 is 1.45 bits per heavy atom. The van der Waals surface area contributed by atoms with Gasteiger partial charge in [0.05, 0.1) is 11.1 Å². The Kier molecular flexibility index (Phi) is 4.94. The van der Waals surface area contributed by atoms with Crippen molar-refractivity contribution in [1.29, 1.82) is 0 Å². The summed E-state index contributed by atoms with van der Waals surface area (Å²) in [5.41, 5.74) is 4.10. The molecule has 2 aromatic rings. The van der Waals surface area contributed by atoms with E-state index in [0.717, 1.165) is 32.7 Å². The SMILES string of the molecule is O=C1c2ccccc2C(=O)N1CCN1CCN(C2CCCc3ccccc32)CC1. The van der Waals surface area contributed by atoms with Crippen LogP contribution in [-0.4, -0.2) is 65.8 Å². The highest BCUT2D eigenvalue weighted by Gasteiger charge is 2.35. The normalized spacial score (nSPS) is 22.6. The molecule has 1 aliphatic carbocycles. The van der Waals surface area contributed by atoms with Gasteiger partial charge in [0.2, 0.25) is 0 Å². The van der Waals surface area contributed by atoms with Crippen molar-refractivity contribution < 1.29 is 9.59 Å². The van der Waals surface area contributed by atoms with Gasteiger partial charge in [0.1, 0.15) is 0 Å². The van der Waals surface area contributed by atoms with Crippen molar-refractivity contribution in [1.82, 2.24) is 14.7 Å². The van der Waals surface area contributed by atoms with E-state index in [4.69, 9.17) is 0 Å². The molecule has 5 rings (SSSR count). The molecule has 1 unspecified atom stereocenters. The summed E-state index contributed by atoms with van der Waals surface area (Å²) in [4.78, 5) is 31.5. The Morgan fingerprint density at radius 3 is 2.17 bits per heavy atom. The van der Waals surface area contributed by atoms with Crippen LogP contribution in [0.3, 0.4) is 0 Å². The molecule has 2 heterocycles. The standard InChI is InChI=1S/C24H27N3O2/c28-23-20-9-3-4-10-21(20)24(29)27(23)17-14-25-12-15-26(16-13-25)22-11-5-7-18-6-1-2-8-19(18)22/h1-4,6,8-10,22H,5,7,11-17H2. The number of aryl methyl sites for hydroxylation is 1. The number of amides is 2. The molecule has 0 N–H and O–H groups in total. The van der Waals surface area contributed by atoms with Crippen LogP contribution in [0.1, 0.15) is 50.7 Å². The Labute approximate surface area is 171 Å². The predicted molar refractivity (Wildman–Crippen MR) is 112 cm³/mol. The fraction of sp³-hybridized carbons (Fsp3) is 0.417. The van der Waals surface area contributed by atoms with Crippen molar-refractivity contribution in [3.8, 4) is 0 Å². The maximum atomic E-state index is 12.5. The highest BCUT2D eigenvalue weighted by molar-refractivity contribution is 6.21. The van der Waals surface area contributed by atoms with Crippen LogP contribution in [0.4, 0.5) is 0 Å². The Hall–Kier alpha value is -2.50. The third-order valence-electron chi connectivity index (χ3n) is 6.70. The largest absolute Gasteiger partial charge is 0.299 e. The van der Waals surface area contributed by atoms with Crippen molar-refractivity contribution in [2.24, 2.45) is 0 Å². The number of hydrogen-bond donors (Lipinski definition) is 0. The van der Waals surface area contributed by atoms with E-state index < -0.39 is 0 Å². The number of carbonyl (C=O) groups is 2. The van der Waals surface area contributed by atoms with Gasteiger partial charge in [-0.1, -0.05) is 36.4 Å². The van der Waals surface area contributed by atoms with E-state index in [-0.39, 0.29) is 11.8 Å². The minimum absolute atomic E-state index is 0.150. The predicted octanol–water partition coefficient (Wildman–Crippen LogP) is 2.98. The third kappa shape index (κ3) is 3.38. The first-order valence-electron chi connectivity index (χ1n) is 10.7. The monoisotopic (exact) mass is 389 g/mol. The molecule has 1 atom stereocenters. The molecule has 29 heavy (non-hydrogen) atoms. The molecule has 5 heteroatoms. The van der Waals surface area contributed by atoms with Gasteiger partial charge < -0.3 is 0 Å². The van der Waals surface area contributed by atoms with Gasteiger partial charge in [-0.25, -0.2) is 0 Å². The number of nitrogens with zero attached hydrogens (tertiary/aromatic N) is 3. The van der Waals surface area contributed by atoms with Gasteiger partial charge in [-0.3, -0.25) is 24.3 Å². The van der Waals surface area contributed by atoms with Crippen LogP contribution in [0, 0.1) is 0 Å². The lowest BCUT2D eigenvalue weighted by atomic mass is 9.86. The highest BCUT2D eigenvalue weighted by Crippen LogP contribution is 2.34. The number of carbonyl (C=O) groups excluding carboxylic acids is 2. The summed E-state index contributed by atoms with van der Waals surface area (Å²) in [5, 5.41) is 0. The molecule has 2 aromatic carbocycles. The van der Waals surface area contributed by atoms with E-state index >= 15 is 0 Å². The first-order valence-corrected chi connectivity index (χ1v) is 10.7. The Bertz CT molecular complexity index is 898. The molecule has 0 saturated carbocycles. The molecule has 0 spiro atoms. The van der Waals surface area contributed by atoms with Crippen LogP contribution < -0.4 is 0 Å². The smallest absolute Gasteiger partial charge is 0.261 e. The average molecular weight is 389 g/mol. The lowest BCUT2D eigenvalue weighted by Gasteiger charge is -2.41. The van der Waals surface area contributed by atoms with Gasteiger partial charge >= 0.3 is 0 Å². The van der Waals surface area contributed by atoms with Crippen LogP contribution in [0.2, 0.25) is 0 Å². The van der Waals surface area contributed by atoms with Crippen LogP contribution in [0.15, 0.2) is 48.5 Å². The zero-order valence-electron chi connectivity index (χ0n) is 16.7. The molecule has 5 nitrogen and oxygen atoms in total. The van der Waals surface area contributed by atoms with Crippen LogP contribution in [-0.2, 0) is 6.42 Å². The summed E-state index contributed by atoms with van der Waals surface area (Å²) in [5.74, 6) is -0.300. The number of fused-ring (bicyclic) bond motifs is 2. The van der Waals surface area contributed by atoms with Crippen LogP contribution >= 0.6 is 0 Å². The number of piperazine rings is 1. The summed E-state index contributed by atoms with van der Waals surface area (Å²) < 4.78 is 0. The van der Waals surface area contributed by atoms with Crippen molar-refractivity contribution >= 4 is 11.8 Å². The second-order valence-electron chi connectivity index (χ2n) is 8.29. The molecular formula is C24H27N3O2. The minimum atomic E-state index is -0.150. The number of rotatable bonds is 4. The number of benzene rings is 2. The van der Waals surface area contributed by atoms with Gasteiger partial charge in [0, 0.05) is 45.3 Å². The molecule has 1 saturated heterocycles. The van der Waals surface area contributed by atoms with E-state index in [9.17, 15) is 9.59 Å². The van der Waals surface area contributed by atoms with E-state index in [0.29, 0.717) is 23.7 Å². The van der Waals surface area contributed by atoms with Gasteiger partial charge in [0.15, 0.2) is 0 Å². The molecular weight excluding hydrogens is 362 g/mol. The summed E-state index contributed by atoms with van der Waals surface area (Å²) >= 11 is 0. The van der Waals surface area contributed by atoms with Crippen molar-refractivity contribution in [2.75, 3.05) is 39.3 Å². The van der Waals surface area contributed by atoms with Gasteiger partial charge in [-0.2, -0.15) is 0 Å².